The van der Waals surface area contributed by atoms with Gasteiger partial charge in [-0.05, 0) is 23.2 Å². The highest BCUT2D eigenvalue weighted by molar-refractivity contribution is 7.88. The fourth-order valence-electron chi connectivity index (χ4n) is 3.04. The van der Waals surface area contributed by atoms with Gasteiger partial charge in [-0.2, -0.15) is 0 Å². The number of fused-ring (bicyclic) bond motifs is 1. The Kier molecular flexibility index (Phi) is 2.03. The molecule has 2 rings (SSSR count). The van der Waals surface area contributed by atoms with Crippen molar-refractivity contribution >= 4 is 10.0 Å². The van der Waals surface area contributed by atoms with Gasteiger partial charge in [-0.15, -0.1) is 0 Å². The van der Waals surface area contributed by atoms with Gasteiger partial charge in [-0.25, -0.2) is 12.7 Å². The fourth-order valence-corrected chi connectivity index (χ4v) is 3.93. The summed E-state index contributed by atoms with van der Waals surface area (Å²) in [6, 6.07) is 0. The topological polar surface area (TPSA) is 37.4 Å². The lowest BCUT2D eigenvalue weighted by molar-refractivity contribution is 0.276. The molecule has 2 fully saturated rings. The summed E-state index contributed by atoms with van der Waals surface area (Å²) in [4.78, 5) is 0. The van der Waals surface area contributed by atoms with Crippen LogP contribution in [0.5, 0.6) is 0 Å². The first-order valence-corrected chi connectivity index (χ1v) is 7.01. The van der Waals surface area contributed by atoms with Gasteiger partial charge >= 0.3 is 0 Å². The highest BCUT2D eigenvalue weighted by Gasteiger charge is 2.60. The van der Waals surface area contributed by atoms with E-state index in [2.05, 4.69) is 20.8 Å². The van der Waals surface area contributed by atoms with E-state index in [9.17, 15) is 8.42 Å². The molecule has 14 heavy (non-hydrogen) atoms. The molecule has 1 saturated heterocycles. The Bertz CT molecular complexity index is 330. The maximum Gasteiger partial charge on any atom is 0.211 e. The summed E-state index contributed by atoms with van der Waals surface area (Å²) >= 11 is 0. The lowest BCUT2D eigenvalue weighted by Crippen LogP contribution is -2.32. The molecular formula is C10H19NO2S. The third-order valence-electron chi connectivity index (χ3n) is 3.63. The highest BCUT2D eigenvalue weighted by Crippen LogP contribution is 2.60. The van der Waals surface area contributed by atoms with Crippen LogP contribution in [0.25, 0.3) is 0 Å². The molecule has 0 amide bonds. The molecule has 4 heteroatoms. The van der Waals surface area contributed by atoms with Crippen molar-refractivity contribution in [1.29, 1.82) is 0 Å². The summed E-state index contributed by atoms with van der Waals surface area (Å²) in [6.07, 6.45) is 1.31. The molecule has 0 bridgehead atoms. The Labute approximate surface area is 86.5 Å². The van der Waals surface area contributed by atoms with Gasteiger partial charge in [-0.1, -0.05) is 20.8 Å². The average molecular weight is 217 g/mol. The molecule has 1 aliphatic carbocycles. The van der Waals surface area contributed by atoms with E-state index in [0.717, 1.165) is 19.0 Å². The zero-order valence-electron chi connectivity index (χ0n) is 9.32. The zero-order valence-corrected chi connectivity index (χ0v) is 10.1. The van der Waals surface area contributed by atoms with Gasteiger partial charge < -0.3 is 0 Å². The lowest BCUT2D eigenvalue weighted by Gasteiger charge is -2.24. The number of rotatable bonds is 1. The van der Waals surface area contributed by atoms with Crippen LogP contribution in [-0.4, -0.2) is 32.1 Å². The second-order valence-corrected chi connectivity index (χ2v) is 7.78. The average Bonchev–Trinajstić information content (AvgIpc) is 2.46. The smallest absolute Gasteiger partial charge is 0.211 e. The van der Waals surface area contributed by atoms with E-state index in [4.69, 9.17) is 0 Å². The first-order valence-electron chi connectivity index (χ1n) is 5.16. The van der Waals surface area contributed by atoms with Gasteiger partial charge in [0.05, 0.1) is 6.26 Å². The van der Waals surface area contributed by atoms with Gasteiger partial charge in [-0.3, -0.25) is 0 Å². The molecule has 1 aliphatic heterocycles. The summed E-state index contributed by atoms with van der Waals surface area (Å²) in [5.41, 5.74) is 0.346. The normalized spacial score (nSPS) is 38.4. The molecule has 0 aromatic carbocycles. The standard InChI is InChI=1S/C10H19NO2S/c1-10(2,3)9-7-5-11(6-8(7)9)14(4,12)13/h7-9H,5-6H2,1-4H3. The van der Waals surface area contributed by atoms with Crippen LogP contribution in [0.15, 0.2) is 0 Å². The van der Waals surface area contributed by atoms with Crippen molar-refractivity contribution in [2.24, 2.45) is 23.2 Å². The van der Waals surface area contributed by atoms with Crippen LogP contribution in [0.4, 0.5) is 0 Å². The van der Waals surface area contributed by atoms with Crippen molar-refractivity contribution in [3.63, 3.8) is 0 Å². The summed E-state index contributed by atoms with van der Waals surface area (Å²) < 4.78 is 24.2. The molecule has 0 aromatic heterocycles. The van der Waals surface area contributed by atoms with Gasteiger partial charge in [0.1, 0.15) is 0 Å². The molecule has 3 nitrogen and oxygen atoms in total. The largest absolute Gasteiger partial charge is 0.213 e. The van der Waals surface area contributed by atoms with Gasteiger partial charge in [0.2, 0.25) is 10.0 Å². The number of sulfonamides is 1. The minimum atomic E-state index is -2.94. The van der Waals surface area contributed by atoms with E-state index >= 15 is 0 Å². The van der Waals surface area contributed by atoms with Crippen molar-refractivity contribution in [1.82, 2.24) is 4.31 Å². The first-order chi connectivity index (χ1) is 6.21. The molecule has 82 valence electrons. The molecule has 0 radical (unpaired) electrons. The maximum atomic E-state index is 11.3. The monoisotopic (exact) mass is 217 g/mol. The third kappa shape index (κ3) is 1.58. The van der Waals surface area contributed by atoms with Crippen molar-refractivity contribution in [3.8, 4) is 0 Å². The quantitative estimate of drug-likeness (QED) is 0.661. The van der Waals surface area contributed by atoms with Crippen LogP contribution in [0, 0.1) is 23.2 Å². The van der Waals surface area contributed by atoms with E-state index < -0.39 is 10.0 Å². The number of nitrogens with zero attached hydrogens (tertiary/aromatic N) is 1. The van der Waals surface area contributed by atoms with Crippen LogP contribution >= 0.6 is 0 Å². The van der Waals surface area contributed by atoms with Gasteiger partial charge in [0, 0.05) is 13.1 Å². The summed E-state index contributed by atoms with van der Waals surface area (Å²) in [5, 5.41) is 0. The second kappa shape index (κ2) is 2.73. The van der Waals surface area contributed by atoms with Crippen molar-refractivity contribution in [2.45, 2.75) is 20.8 Å². The van der Waals surface area contributed by atoms with Crippen LogP contribution in [0.3, 0.4) is 0 Å². The van der Waals surface area contributed by atoms with Crippen molar-refractivity contribution < 1.29 is 8.42 Å². The second-order valence-electron chi connectivity index (χ2n) is 5.80. The minimum Gasteiger partial charge on any atom is -0.213 e. The SMILES string of the molecule is CC(C)(C)C1C2CN(S(C)(=O)=O)CC21. The van der Waals surface area contributed by atoms with Crippen LogP contribution in [-0.2, 0) is 10.0 Å². The Balaban J connectivity index is 2.01. The van der Waals surface area contributed by atoms with Crippen LogP contribution < -0.4 is 0 Å². The number of hydrogen-bond acceptors (Lipinski definition) is 2. The van der Waals surface area contributed by atoms with Crippen molar-refractivity contribution in [2.75, 3.05) is 19.3 Å². The van der Waals surface area contributed by atoms with E-state index in [1.165, 1.54) is 6.26 Å². The Morgan fingerprint density at radius 2 is 1.57 bits per heavy atom. The molecule has 0 N–H and O–H groups in total. The van der Waals surface area contributed by atoms with Gasteiger partial charge in [0.25, 0.3) is 0 Å². The third-order valence-corrected chi connectivity index (χ3v) is 4.87. The maximum absolute atomic E-state index is 11.3. The van der Waals surface area contributed by atoms with E-state index in [-0.39, 0.29) is 0 Å². The molecule has 2 aliphatic rings. The van der Waals surface area contributed by atoms with E-state index in [1.807, 2.05) is 0 Å². The molecule has 2 unspecified atom stereocenters. The summed E-state index contributed by atoms with van der Waals surface area (Å²) in [6.45, 7) is 8.26. The Morgan fingerprint density at radius 1 is 1.14 bits per heavy atom. The predicted octanol–water partition coefficient (Wildman–Crippen LogP) is 1.17. The van der Waals surface area contributed by atoms with E-state index in [0.29, 0.717) is 17.3 Å². The van der Waals surface area contributed by atoms with Crippen LogP contribution in [0.1, 0.15) is 20.8 Å². The van der Waals surface area contributed by atoms with E-state index in [1.54, 1.807) is 4.31 Å². The summed E-state index contributed by atoms with van der Waals surface area (Å²) in [7, 11) is -2.94. The molecule has 0 aromatic rings. The molecule has 0 spiro atoms. The first kappa shape index (κ1) is 10.4. The lowest BCUT2D eigenvalue weighted by atomic mass is 9.87. The predicted molar refractivity (Wildman–Crippen MR) is 56.3 cm³/mol. The Morgan fingerprint density at radius 3 is 1.86 bits per heavy atom. The van der Waals surface area contributed by atoms with Crippen LogP contribution in [0.2, 0.25) is 0 Å². The molecular weight excluding hydrogens is 198 g/mol. The van der Waals surface area contributed by atoms with Crippen molar-refractivity contribution in [3.05, 3.63) is 0 Å². The van der Waals surface area contributed by atoms with Gasteiger partial charge in [0.15, 0.2) is 0 Å². The molecule has 2 atom stereocenters. The molecule has 1 heterocycles. The molecule has 1 saturated carbocycles. The summed E-state index contributed by atoms with van der Waals surface area (Å²) in [5.74, 6) is 2.00. The minimum absolute atomic E-state index is 0.346. The fraction of sp³-hybridized carbons (Fsp3) is 1.00. The number of hydrogen-bond donors (Lipinski definition) is 0. The zero-order chi connectivity index (χ0) is 10.7. The Hall–Kier alpha value is -0.0900. The number of piperidine rings is 1. The highest BCUT2D eigenvalue weighted by atomic mass is 32.2.